The molecule has 2 aromatic heterocycles. The molecule has 26 heavy (non-hydrogen) atoms. The molecule has 4 rings (SSSR count). The van der Waals surface area contributed by atoms with Gasteiger partial charge in [0.25, 0.3) is 5.56 Å². The van der Waals surface area contributed by atoms with Crippen molar-refractivity contribution in [2.75, 3.05) is 16.8 Å². The van der Waals surface area contributed by atoms with Gasteiger partial charge in [0.05, 0.1) is 5.56 Å². The van der Waals surface area contributed by atoms with Crippen LogP contribution in [0.1, 0.15) is 12.8 Å². The Morgan fingerprint density at radius 1 is 1.23 bits per heavy atom. The number of phenols is 1. The highest BCUT2D eigenvalue weighted by Crippen LogP contribution is 2.28. The summed E-state index contributed by atoms with van der Waals surface area (Å²) >= 11 is 1.97. The molecule has 3 heterocycles. The summed E-state index contributed by atoms with van der Waals surface area (Å²) in [6.45, 7) is 0. The van der Waals surface area contributed by atoms with Crippen molar-refractivity contribution in [2.24, 2.45) is 7.05 Å². The van der Waals surface area contributed by atoms with E-state index in [1.807, 2.05) is 11.8 Å². The lowest BCUT2D eigenvalue weighted by Crippen LogP contribution is -2.26. The first kappa shape index (κ1) is 16.9. The predicted octanol–water partition coefficient (Wildman–Crippen LogP) is 3.01. The van der Waals surface area contributed by atoms with Crippen LogP contribution in [-0.4, -0.2) is 37.2 Å². The van der Waals surface area contributed by atoms with Gasteiger partial charge >= 0.3 is 0 Å². The highest BCUT2D eigenvalue weighted by molar-refractivity contribution is 7.99. The van der Waals surface area contributed by atoms with E-state index in [9.17, 15) is 9.90 Å². The lowest BCUT2D eigenvalue weighted by Gasteiger charge is -2.22. The molecule has 134 valence electrons. The second kappa shape index (κ2) is 6.99. The zero-order chi connectivity index (χ0) is 18.1. The fourth-order valence-electron chi connectivity index (χ4n) is 3.24. The van der Waals surface area contributed by atoms with Gasteiger partial charge in [0.1, 0.15) is 11.4 Å². The first-order valence-electron chi connectivity index (χ1n) is 8.63. The summed E-state index contributed by atoms with van der Waals surface area (Å²) in [5.41, 5.74) is 1.33. The third-order valence-corrected chi connectivity index (χ3v) is 5.75. The molecule has 0 amide bonds. The molecule has 3 aromatic rings. The van der Waals surface area contributed by atoms with Crippen molar-refractivity contribution in [1.82, 2.24) is 14.5 Å². The monoisotopic (exact) mass is 368 g/mol. The third-order valence-electron chi connectivity index (χ3n) is 4.70. The van der Waals surface area contributed by atoms with Gasteiger partial charge < -0.3 is 10.4 Å². The van der Waals surface area contributed by atoms with Gasteiger partial charge in [0, 0.05) is 30.2 Å². The van der Waals surface area contributed by atoms with Gasteiger partial charge in [-0.2, -0.15) is 16.7 Å². The van der Waals surface area contributed by atoms with Crippen molar-refractivity contribution in [2.45, 2.75) is 18.9 Å². The minimum absolute atomic E-state index is 0.0818. The van der Waals surface area contributed by atoms with E-state index >= 15 is 0 Å². The first-order chi connectivity index (χ1) is 12.6. The molecule has 1 aliphatic rings. The number of nitrogens with one attached hydrogen (secondary N) is 1. The molecule has 1 aromatic carbocycles. The standard InChI is InChI=1S/C19H20N4O2S/c1-23-17-12(10-15(18(23)25)14-4-2-3-5-16(14)24)11-20-19(22-17)21-13-6-8-26-9-7-13/h2-5,10-11,13,24H,6-9H2,1H3,(H,20,21,22). The maximum atomic E-state index is 12.8. The predicted molar refractivity (Wildman–Crippen MR) is 106 cm³/mol. The summed E-state index contributed by atoms with van der Waals surface area (Å²) in [7, 11) is 1.70. The van der Waals surface area contributed by atoms with Crippen molar-refractivity contribution in [1.29, 1.82) is 0 Å². The minimum Gasteiger partial charge on any atom is -0.507 e. The van der Waals surface area contributed by atoms with Crippen LogP contribution in [-0.2, 0) is 7.05 Å². The lowest BCUT2D eigenvalue weighted by molar-refractivity contribution is 0.477. The quantitative estimate of drug-likeness (QED) is 0.740. The highest BCUT2D eigenvalue weighted by Gasteiger charge is 2.16. The second-order valence-corrected chi connectivity index (χ2v) is 7.67. The number of pyridine rings is 1. The Labute approximate surface area is 155 Å². The molecular weight excluding hydrogens is 348 g/mol. The van der Waals surface area contributed by atoms with Crippen LogP contribution >= 0.6 is 11.8 Å². The molecular formula is C19H20N4O2S. The Hall–Kier alpha value is -2.54. The molecule has 0 saturated carbocycles. The average Bonchev–Trinajstić information content (AvgIpc) is 2.66. The smallest absolute Gasteiger partial charge is 0.259 e. The Morgan fingerprint density at radius 3 is 2.77 bits per heavy atom. The molecule has 1 saturated heterocycles. The van der Waals surface area contributed by atoms with Crippen LogP contribution in [0.25, 0.3) is 22.2 Å². The molecule has 0 atom stereocenters. The first-order valence-corrected chi connectivity index (χ1v) is 9.78. The minimum atomic E-state index is -0.197. The van der Waals surface area contributed by atoms with E-state index in [1.165, 1.54) is 4.57 Å². The number of para-hydroxylation sites is 1. The number of aryl methyl sites for hydroxylation is 1. The van der Waals surface area contributed by atoms with Gasteiger partial charge in [-0.3, -0.25) is 9.36 Å². The number of nitrogens with zero attached hydrogens (tertiary/aromatic N) is 3. The molecule has 0 radical (unpaired) electrons. The summed E-state index contributed by atoms with van der Waals surface area (Å²) < 4.78 is 1.51. The summed E-state index contributed by atoms with van der Waals surface area (Å²) in [4.78, 5) is 21.8. The fraction of sp³-hybridized carbons (Fsp3) is 0.316. The Balaban J connectivity index is 1.76. The van der Waals surface area contributed by atoms with Crippen molar-refractivity contribution < 1.29 is 5.11 Å². The Bertz CT molecular complexity index is 1010. The van der Waals surface area contributed by atoms with Crippen LogP contribution in [0.3, 0.4) is 0 Å². The zero-order valence-corrected chi connectivity index (χ0v) is 15.3. The van der Waals surface area contributed by atoms with Crippen LogP contribution in [0, 0.1) is 0 Å². The van der Waals surface area contributed by atoms with Crippen molar-refractivity contribution in [3.8, 4) is 16.9 Å². The van der Waals surface area contributed by atoms with E-state index < -0.39 is 0 Å². The topological polar surface area (TPSA) is 80.0 Å². The highest BCUT2D eigenvalue weighted by atomic mass is 32.2. The molecule has 0 unspecified atom stereocenters. The van der Waals surface area contributed by atoms with Crippen molar-refractivity contribution in [3.63, 3.8) is 0 Å². The van der Waals surface area contributed by atoms with Crippen LogP contribution in [0.5, 0.6) is 5.75 Å². The Kier molecular flexibility index (Phi) is 4.55. The number of fused-ring (bicyclic) bond motifs is 1. The number of aromatic nitrogens is 3. The number of rotatable bonds is 3. The van der Waals surface area contributed by atoms with Crippen LogP contribution in [0.2, 0.25) is 0 Å². The molecule has 1 fully saturated rings. The zero-order valence-electron chi connectivity index (χ0n) is 14.5. The van der Waals surface area contributed by atoms with E-state index in [4.69, 9.17) is 0 Å². The second-order valence-electron chi connectivity index (χ2n) is 6.44. The van der Waals surface area contributed by atoms with Gasteiger partial charge in [-0.05, 0) is 36.5 Å². The number of hydrogen-bond donors (Lipinski definition) is 2. The van der Waals surface area contributed by atoms with Crippen molar-refractivity contribution in [3.05, 3.63) is 46.9 Å². The van der Waals surface area contributed by atoms with Crippen LogP contribution < -0.4 is 10.9 Å². The van der Waals surface area contributed by atoms with Gasteiger partial charge in [0.15, 0.2) is 0 Å². The lowest BCUT2D eigenvalue weighted by atomic mass is 10.1. The normalized spacial score (nSPS) is 15.3. The van der Waals surface area contributed by atoms with Gasteiger partial charge in [-0.25, -0.2) is 4.98 Å². The average molecular weight is 368 g/mol. The largest absolute Gasteiger partial charge is 0.507 e. The molecule has 1 aliphatic heterocycles. The summed E-state index contributed by atoms with van der Waals surface area (Å²) in [6.07, 6.45) is 3.92. The van der Waals surface area contributed by atoms with Crippen LogP contribution in [0.15, 0.2) is 41.3 Å². The van der Waals surface area contributed by atoms with E-state index in [0.717, 1.165) is 29.7 Å². The number of benzene rings is 1. The third kappa shape index (κ3) is 3.14. The molecule has 0 spiro atoms. The molecule has 2 N–H and O–H groups in total. The number of hydrogen-bond acceptors (Lipinski definition) is 6. The Morgan fingerprint density at radius 2 is 2.00 bits per heavy atom. The van der Waals surface area contributed by atoms with E-state index in [2.05, 4.69) is 15.3 Å². The number of thioether (sulfide) groups is 1. The number of aromatic hydroxyl groups is 1. The van der Waals surface area contributed by atoms with Crippen LogP contribution in [0.4, 0.5) is 5.95 Å². The summed E-state index contributed by atoms with van der Waals surface area (Å²) in [5, 5.41) is 14.2. The SMILES string of the molecule is Cn1c(=O)c(-c2ccccc2O)cc2cnc(NC3CCSCC3)nc21. The molecule has 7 heteroatoms. The van der Waals surface area contributed by atoms with Gasteiger partial charge in [-0.1, -0.05) is 18.2 Å². The number of anilines is 1. The maximum absolute atomic E-state index is 12.8. The van der Waals surface area contributed by atoms with E-state index in [-0.39, 0.29) is 11.3 Å². The van der Waals surface area contributed by atoms with Gasteiger partial charge in [-0.15, -0.1) is 0 Å². The number of phenolic OH excluding ortho intramolecular Hbond substituents is 1. The van der Waals surface area contributed by atoms with E-state index in [0.29, 0.717) is 28.8 Å². The maximum Gasteiger partial charge on any atom is 0.259 e. The van der Waals surface area contributed by atoms with E-state index in [1.54, 1.807) is 43.6 Å². The summed E-state index contributed by atoms with van der Waals surface area (Å²) in [5.74, 6) is 2.93. The molecule has 0 aliphatic carbocycles. The molecule has 6 nitrogen and oxygen atoms in total. The summed E-state index contributed by atoms with van der Waals surface area (Å²) in [6, 6.07) is 8.96. The van der Waals surface area contributed by atoms with Gasteiger partial charge in [0.2, 0.25) is 5.95 Å². The van der Waals surface area contributed by atoms with Crippen molar-refractivity contribution >= 4 is 28.7 Å². The fourth-order valence-corrected chi connectivity index (χ4v) is 4.34. The molecule has 0 bridgehead atoms.